The molecule has 0 bridgehead atoms. The lowest BCUT2D eigenvalue weighted by Crippen LogP contribution is -2.75. The fraction of sp³-hybridized carbons (Fsp3) is 0.810. The molecule has 192 valence electrons. The second kappa shape index (κ2) is 11.3. The summed E-state index contributed by atoms with van der Waals surface area (Å²) in [5.41, 5.74) is -5.56. The number of alkyl halides is 4. The van der Waals surface area contributed by atoms with E-state index in [0.717, 1.165) is 0 Å². The van der Waals surface area contributed by atoms with E-state index in [1.165, 1.54) is 55.4 Å². The number of Topliss-reactive ketones (excluding diaryl/α,β-unsaturated/α-hetero) is 3. The van der Waals surface area contributed by atoms with E-state index in [1.54, 1.807) is 67.8 Å². The molecule has 0 aromatic heterocycles. The highest BCUT2D eigenvalue weighted by Crippen LogP contribution is 2.48. The number of halogens is 4. The predicted molar refractivity (Wildman–Crippen MR) is 159 cm³/mol. The van der Waals surface area contributed by atoms with Gasteiger partial charge in [-0.2, -0.15) is 0 Å². The zero-order chi connectivity index (χ0) is 27.0. The zero-order valence-corrected chi connectivity index (χ0v) is 28.5. The van der Waals surface area contributed by atoms with Crippen molar-refractivity contribution in [1.29, 1.82) is 0 Å². The molecule has 12 heteroatoms. The van der Waals surface area contributed by atoms with Gasteiger partial charge in [0.2, 0.25) is 17.2 Å². The first kappa shape index (κ1) is 34.3. The fourth-order valence-corrected chi connectivity index (χ4v) is 4.15. The molecule has 0 heterocycles. The first-order valence-electron chi connectivity index (χ1n) is 9.91. The summed E-state index contributed by atoms with van der Waals surface area (Å²) in [4.78, 5) is 54.9. The van der Waals surface area contributed by atoms with Crippen molar-refractivity contribution < 1.29 is 39.2 Å². The lowest BCUT2D eigenvalue weighted by Gasteiger charge is -2.49. The smallest absolute Gasteiger partial charge is 0.322 e. The highest BCUT2D eigenvalue weighted by Gasteiger charge is 2.72. The molecular weight excluding hydrogens is 888 g/mol. The molecule has 0 spiro atoms. The van der Waals surface area contributed by atoms with Crippen LogP contribution in [0, 0.1) is 5.41 Å². The first-order valence-corrected chi connectivity index (χ1v) is 14.2. The van der Waals surface area contributed by atoms with Gasteiger partial charge in [-0.25, -0.2) is 0 Å². The van der Waals surface area contributed by atoms with Crippen LogP contribution < -0.4 is 0 Å². The van der Waals surface area contributed by atoms with E-state index in [1.807, 2.05) is 22.6 Å². The second-order valence-electron chi connectivity index (χ2n) is 9.88. The number of aliphatic hydroxyl groups is 3. The molecule has 0 aliphatic carbocycles. The van der Waals surface area contributed by atoms with Gasteiger partial charge in [-0.15, -0.1) is 0 Å². The van der Waals surface area contributed by atoms with Crippen LogP contribution in [0.2, 0.25) is 0 Å². The van der Waals surface area contributed by atoms with Gasteiger partial charge in [-0.1, -0.05) is 90.4 Å². The maximum absolute atomic E-state index is 14.0. The van der Waals surface area contributed by atoms with Crippen molar-refractivity contribution in [1.82, 2.24) is 0 Å². The third-order valence-corrected chi connectivity index (χ3v) is 7.04. The number of hydrogen-bond donors (Lipinski definition) is 3. The average Bonchev–Trinajstić information content (AvgIpc) is 2.62. The van der Waals surface area contributed by atoms with Gasteiger partial charge >= 0.3 is 5.97 Å². The van der Waals surface area contributed by atoms with Crippen molar-refractivity contribution in [3.8, 4) is 0 Å². The molecule has 3 N–H and O–H groups in total. The van der Waals surface area contributed by atoms with E-state index in [0.29, 0.717) is 0 Å². The molecule has 0 aromatic carbocycles. The molecule has 1 atom stereocenters. The van der Waals surface area contributed by atoms with Crippen LogP contribution in [0.25, 0.3) is 0 Å². The van der Waals surface area contributed by atoms with E-state index in [-0.39, 0.29) is 0 Å². The van der Waals surface area contributed by atoms with Gasteiger partial charge in [-0.05, 0) is 55.4 Å². The average molecular weight is 920 g/mol. The maximum Gasteiger partial charge on any atom is 0.322 e. The van der Waals surface area contributed by atoms with Crippen LogP contribution in [0.5, 0.6) is 0 Å². The highest BCUT2D eigenvalue weighted by atomic mass is 127. The van der Waals surface area contributed by atoms with Gasteiger partial charge in [0.15, 0.2) is 5.78 Å². The van der Waals surface area contributed by atoms with Gasteiger partial charge < -0.3 is 20.1 Å². The van der Waals surface area contributed by atoms with E-state index in [2.05, 4.69) is 0 Å². The van der Waals surface area contributed by atoms with Crippen molar-refractivity contribution in [3.63, 3.8) is 0 Å². The van der Waals surface area contributed by atoms with Crippen LogP contribution in [0.1, 0.15) is 55.4 Å². The molecule has 33 heavy (non-hydrogen) atoms. The van der Waals surface area contributed by atoms with Crippen molar-refractivity contribution in [3.05, 3.63) is 0 Å². The summed E-state index contributed by atoms with van der Waals surface area (Å²) < 4.78 is 0.633. The number of ether oxygens (including phenoxy) is 1. The van der Waals surface area contributed by atoms with Gasteiger partial charge in [0, 0.05) is 3.42 Å². The van der Waals surface area contributed by atoms with Crippen LogP contribution in [0.15, 0.2) is 0 Å². The predicted octanol–water partition coefficient (Wildman–Crippen LogP) is 3.16. The Morgan fingerprint density at radius 1 is 0.727 bits per heavy atom. The monoisotopic (exact) mass is 920 g/mol. The lowest BCUT2D eigenvalue weighted by molar-refractivity contribution is -0.203. The second-order valence-corrected chi connectivity index (χ2v) is 20.7. The summed E-state index contributed by atoms with van der Waals surface area (Å²) in [5.74, 6) is -4.12. The topological polar surface area (TPSA) is 138 Å². The number of ketones is 3. The van der Waals surface area contributed by atoms with E-state index in [9.17, 15) is 34.5 Å². The van der Waals surface area contributed by atoms with Crippen LogP contribution in [0.3, 0.4) is 0 Å². The van der Waals surface area contributed by atoms with Gasteiger partial charge in [0.1, 0.15) is 14.9 Å². The van der Waals surface area contributed by atoms with Gasteiger partial charge in [0.05, 0.1) is 20.1 Å². The third kappa shape index (κ3) is 7.19. The lowest BCUT2D eigenvalue weighted by atomic mass is 9.60. The van der Waals surface area contributed by atoms with Crippen LogP contribution in [0.4, 0.5) is 0 Å². The molecule has 0 rings (SSSR count). The Morgan fingerprint density at radius 3 is 1.27 bits per heavy atom. The molecule has 0 aliphatic heterocycles. The zero-order valence-electron chi connectivity index (χ0n) is 19.9. The SMILES string of the molecule is CC(C)(I)C(=O)OC(C(=O)C(C)(C)I)(C(=O)C(C)(C)I)C(CO)(CO)C(=O)C(O)C(C)(C)I. The minimum absolute atomic E-state index is 0.978. The summed E-state index contributed by atoms with van der Waals surface area (Å²) in [7, 11) is 0. The van der Waals surface area contributed by atoms with Crippen molar-refractivity contribution in [2.75, 3.05) is 13.2 Å². The molecule has 8 nitrogen and oxygen atoms in total. The molecule has 0 aliphatic rings. The molecule has 0 saturated carbocycles. The Morgan fingerprint density at radius 2 is 1.06 bits per heavy atom. The Kier molecular flexibility index (Phi) is 11.8. The fourth-order valence-electron chi connectivity index (χ4n) is 3.00. The minimum Gasteiger partial charge on any atom is -0.440 e. The van der Waals surface area contributed by atoms with Gasteiger partial charge in [0.25, 0.3) is 0 Å². The molecule has 0 amide bonds. The van der Waals surface area contributed by atoms with Crippen molar-refractivity contribution in [2.24, 2.45) is 5.41 Å². The Bertz CT molecular complexity index is 752. The number of aliphatic hydroxyl groups excluding tert-OH is 3. The Hall–Kier alpha value is 1.28. The van der Waals surface area contributed by atoms with Crippen LogP contribution >= 0.6 is 90.4 Å². The van der Waals surface area contributed by atoms with Crippen LogP contribution in [-0.2, 0) is 23.9 Å². The Labute approximate surface area is 249 Å². The number of hydrogen-bond acceptors (Lipinski definition) is 8. The molecular formula is C21H32I4O8. The van der Waals surface area contributed by atoms with E-state index in [4.69, 9.17) is 4.74 Å². The third-order valence-electron chi connectivity index (χ3n) is 5.03. The highest BCUT2D eigenvalue weighted by molar-refractivity contribution is 14.1. The normalized spacial score (nSPS) is 15.1. The quantitative estimate of drug-likeness (QED) is 0.118. The molecule has 0 radical (unpaired) electrons. The molecule has 1 unspecified atom stereocenters. The summed E-state index contributed by atoms with van der Waals surface area (Å²) >= 11 is 7.08. The summed E-state index contributed by atoms with van der Waals surface area (Å²) in [6, 6.07) is 0. The first-order chi connectivity index (χ1) is 14.4. The van der Waals surface area contributed by atoms with Crippen molar-refractivity contribution in [2.45, 2.75) is 80.8 Å². The number of rotatable bonds is 12. The number of esters is 1. The van der Waals surface area contributed by atoms with Crippen molar-refractivity contribution >= 4 is 114 Å². The summed E-state index contributed by atoms with van der Waals surface area (Å²) in [6.45, 7) is 9.45. The number of carbonyl (C=O) groups is 4. The maximum atomic E-state index is 14.0. The molecule has 0 saturated heterocycles. The molecule has 0 fully saturated rings. The van der Waals surface area contributed by atoms with E-state index >= 15 is 0 Å². The minimum atomic E-state index is -2.91. The van der Waals surface area contributed by atoms with Crippen LogP contribution in [-0.4, -0.2) is 77.2 Å². The van der Waals surface area contributed by atoms with Gasteiger partial charge in [-0.3, -0.25) is 19.2 Å². The van der Waals surface area contributed by atoms with E-state index < -0.39 is 67.3 Å². The standard InChI is InChI=1S/C21H32I4O8/c1-16(2,22)11(28)12(29)20(9-26,10-27)21(13(30)17(3,4)23,14(31)18(5,6)24)33-15(32)19(7,8)25/h11,26-28H,9-10H2,1-8H3. The molecule has 0 aromatic rings. The summed E-state index contributed by atoms with van der Waals surface area (Å²) in [6.07, 6.45) is -1.81. The Balaban J connectivity index is 7.84. The largest absolute Gasteiger partial charge is 0.440 e. The number of carbonyl (C=O) groups excluding carboxylic acids is 4. The summed E-state index contributed by atoms with van der Waals surface area (Å²) in [5, 5.41) is 31.9.